The van der Waals surface area contributed by atoms with Crippen LogP contribution in [0.3, 0.4) is 0 Å². The Labute approximate surface area is 115 Å². The summed E-state index contributed by atoms with van der Waals surface area (Å²) in [4.78, 5) is 24.6. The molecule has 0 bridgehead atoms. The number of carbonyl (C=O) groups excluding carboxylic acids is 1. The van der Waals surface area contributed by atoms with E-state index in [-0.39, 0.29) is 22.4 Å². The van der Waals surface area contributed by atoms with Crippen LogP contribution >= 0.6 is 24.2 Å². The smallest absolute Gasteiger partial charge is 0.339 e. The van der Waals surface area contributed by atoms with Gasteiger partial charge < -0.3 is 10.0 Å². The van der Waals surface area contributed by atoms with Crippen molar-refractivity contribution in [2.45, 2.75) is 6.42 Å². The quantitative estimate of drug-likeness (QED) is 0.838. The number of aromatic carboxylic acids is 1. The van der Waals surface area contributed by atoms with E-state index in [1.807, 2.05) is 0 Å². The zero-order valence-electron chi connectivity index (χ0n) is 9.47. The highest BCUT2D eigenvalue weighted by atomic mass is 35.5. The summed E-state index contributed by atoms with van der Waals surface area (Å²) < 4.78 is 0. The molecule has 1 fully saturated rings. The lowest BCUT2D eigenvalue weighted by Gasteiger charge is -2.19. The Morgan fingerprint density at radius 2 is 2.28 bits per heavy atom. The summed E-state index contributed by atoms with van der Waals surface area (Å²) >= 11 is 10.1. The Morgan fingerprint density at radius 3 is 2.83 bits per heavy atom. The lowest BCUT2D eigenvalue weighted by Crippen LogP contribution is -2.26. The highest BCUT2D eigenvalue weighted by Gasteiger charge is 2.32. The molecule has 4 nitrogen and oxygen atoms in total. The van der Waals surface area contributed by atoms with Crippen LogP contribution < -0.4 is 4.90 Å². The summed E-state index contributed by atoms with van der Waals surface area (Å²) in [6.45, 7) is 0.489. The lowest BCUT2D eigenvalue weighted by atomic mass is 10.1. The first-order valence-electron chi connectivity index (χ1n) is 5.47. The minimum atomic E-state index is -1.13. The minimum absolute atomic E-state index is 0.0210. The fourth-order valence-electron chi connectivity index (χ4n) is 2.09. The second-order valence-electron chi connectivity index (χ2n) is 4.20. The predicted octanol–water partition coefficient (Wildman–Crippen LogP) is 2.32. The van der Waals surface area contributed by atoms with Crippen molar-refractivity contribution in [3.63, 3.8) is 0 Å². The van der Waals surface area contributed by atoms with Gasteiger partial charge in [0.15, 0.2) is 0 Å². The zero-order valence-corrected chi connectivity index (χ0v) is 11.1. The van der Waals surface area contributed by atoms with Gasteiger partial charge in [-0.05, 0) is 23.8 Å². The maximum Gasteiger partial charge on any atom is 0.339 e. The summed E-state index contributed by atoms with van der Waals surface area (Å²) in [7, 11) is 0. The van der Waals surface area contributed by atoms with E-state index in [1.165, 1.54) is 11.0 Å². The lowest BCUT2D eigenvalue weighted by molar-refractivity contribution is -0.117. The number of hydrogen-bond donors (Lipinski definition) is 2. The van der Waals surface area contributed by atoms with E-state index in [9.17, 15) is 14.7 Å². The Bertz CT molecular complexity index is 506. The molecule has 1 aliphatic rings. The van der Waals surface area contributed by atoms with Gasteiger partial charge in [-0.25, -0.2) is 4.79 Å². The molecule has 1 aliphatic heterocycles. The van der Waals surface area contributed by atoms with Crippen LogP contribution in [0.25, 0.3) is 0 Å². The summed E-state index contributed by atoms with van der Waals surface area (Å²) in [5.74, 6) is -0.455. The molecule has 0 spiro atoms. The van der Waals surface area contributed by atoms with Crippen molar-refractivity contribution >= 4 is 41.8 Å². The van der Waals surface area contributed by atoms with E-state index in [1.54, 1.807) is 12.1 Å². The third-order valence-corrected chi connectivity index (χ3v) is 3.79. The molecule has 0 aromatic heterocycles. The monoisotopic (exact) mass is 285 g/mol. The highest BCUT2D eigenvalue weighted by molar-refractivity contribution is 7.80. The molecule has 1 unspecified atom stereocenters. The fourth-order valence-corrected chi connectivity index (χ4v) is 2.58. The molecule has 1 aromatic carbocycles. The fraction of sp³-hybridized carbons (Fsp3) is 0.333. The van der Waals surface area contributed by atoms with Gasteiger partial charge in [0.25, 0.3) is 0 Å². The first-order chi connectivity index (χ1) is 8.54. The first-order valence-corrected chi connectivity index (χ1v) is 6.48. The molecule has 0 saturated carbocycles. The Balaban J connectivity index is 2.43. The van der Waals surface area contributed by atoms with Crippen LogP contribution in [0.5, 0.6) is 0 Å². The number of amides is 1. The molecular weight excluding hydrogens is 274 g/mol. The van der Waals surface area contributed by atoms with Gasteiger partial charge in [0.2, 0.25) is 5.91 Å². The van der Waals surface area contributed by atoms with Gasteiger partial charge in [0.1, 0.15) is 5.56 Å². The van der Waals surface area contributed by atoms with Crippen LogP contribution in [0.2, 0.25) is 5.02 Å². The second kappa shape index (κ2) is 5.20. The number of thiol groups is 1. The predicted molar refractivity (Wildman–Crippen MR) is 72.7 cm³/mol. The van der Waals surface area contributed by atoms with E-state index in [0.29, 0.717) is 24.4 Å². The van der Waals surface area contributed by atoms with Crippen LogP contribution in [0.1, 0.15) is 16.8 Å². The molecule has 18 heavy (non-hydrogen) atoms. The molecular formula is C12H12ClNO3S. The molecule has 1 N–H and O–H groups in total. The van der Waals surface area contributed by atoms with E-state index < -0.39 is 5.97 Å². The molecule has 96 valence electrons. The maximum atomic E-state index is 11.9. The number of benzene rings is 1. The summed E-state index contributed by atoms with van der Waals surface area (Å²) in [6, 6.07) is 4.75. The van der Waals surface area contributed by atoms with Crippen molar-refractivity contribution in [1.82, 2.24) is 0 Å². The van der Waals surface area contributed by atoms with Crippen molar-refractivity contribution in [3.8, 4) is 0 Å². The van der Waals surface area contributed by atoms with Crippen LogP contribution in [0.15, 0.2) is 18.2 Å². The van der Waals surface area contributed by atoms with E-state index >= 15 is 0 Å². The van der Waals surface area contributed by atoms with Crippen LogP contribution in [0.4, 0.5) is 5.69 Å². The van der Waals surface area contributed by atoms with Crippen LogP contribution in [0, 0.1) is 5.92 Å². The number of carbonyl (C=O) groups is 2. The minimum Gasteiger partial charge on any atom is -0.478 e. The van der Waals surface area contributed by atoms with Crippen LogP contribution in [-0.2, 0) is 4.79 Å². The third-order valence-electron chi connectivity index (χ3n) is 2.96. The number of rotatable bonds is 3. The van der Waals surface area contributed by atoms with E-state index in [4.69, 9.17) is 11.6 Å². The van der Waals surface area contributed by atoms with Crippen molar-refractivity contribution in [1.29, 1.82) is 0 Å². The number of nitrogens with zero attached hydrogens (tertiary/aromatic N) is 1. The highest BCUT2D eigenvalue weighted by Crippen LogP contribution is 2.32. The van der Waals surface area contributed by atoms with Crippen molar-refractivity contribution in [2.75, 3.05) is 17.2 Å². The van der Waals surface area contributed by atoms with Gasteiger partial charge in [-0.15, -0.1) is 0 Å². The van der Waals surface area contributed by atoms with Gasteiger partial charge >= 0.3 is 5.97 Å². The Morgan fingerprint density at radius 1 is 1.56 bits per heavy atom. The summed E-state index contributed by atoms with van der Waals surface area (Å²) in [5, 5.41) is 9.32. The van der Waals surface area contributed by atoms with E-state index in [0.717, 1.165) is 0 Å². The molecule has 1 atom stereocenters. The second-order valence-corrected chi connectivity index (χ2v) is 4.97. The van der Waals surface area contributed by atoms with Gasteiger partial charge in [-0.3, -0.25) is 4.79 Å². The first kappa shape index (κ1) is 13.2. The maximum absolute atomic E-state index is 11.9. The molecule has 2 rings (SSSR count). The topological polar surface area (TPSA) is 57.6 Å². The van der Waals surface area contributed by atoms with Gasteiger partial charge in [-0.2, -0.15) is 12.6 Å². The SMILES string of the molecule is O=C(O)c1c(Cl)cccc1N1CC(CS)CC1=O. The average Bonchev–Trinajstić information content (AvgIpc) is 2.69. The number of anilines is 1. The Kier molecular flexibility index (Phi) is 3.82. The molecule has 1 aromatic rings. The molecule has 1 saturated heterocycles. The third kappa shape index (κ3) is 2.33. The van der Waals surface area contributed by atoms with Gasteiger partial charge in [0, 0.05) is 13.0 Å². The summed E-state index contributed by atoms with van der Waals surface area (Å²) in [5.41, 5.74) is 0.344. The van der Waals surface area contributed by atoms with Gasteiger partial charge in [0.05, 0.1) is 10.7 Å². The van der Waals surface area contributed by atoms with Crippen molar-refractivity contribution < 1.29 is 14.7 Å². The van der Waals surface area contributed by atoms with Crippen molar-refractivity contribution in [3.05, 3.63) is 28.8 Å². The summed E-state index contributed by atoms with van der Waals surface area (Å²) in [6.07, 6.45) is 0.398. The normalized spacial score (nSPS) is 19.3. The Hall–Kier alpha value is -1.20. The number of halogens is 1. The van der Waals surface area contributed by atoms with Crippen molar-refractivity contribution in [2.24, 2.45) is 5.92 Å². The zero-order chi connectivity index (χ0) is 13.3. The van der Waals surface area contributed by atoms with Gasteiger partial charge in [-0.1, -0.05) is 17.7 Å². The number of carboxylic acids is 1. The standard InChI is InChI=1S/C12H12ClNO3S/c13-8-2-1-3-9(11(8)12(16)17)14-5-7(6-18)4-10(14)15/h1-3,7,18H,4-6H2,(H,16,17). The van der Waals surface area contributed by atoms with Crippen LogP contribution in [-0.4, -0.2) is 29.3 Å². The largest absolute Gasteiger partial charge is 0.478 e. The molecule has 1 amide bonds. The molecule has 0 radical (unpaired) electrons. The number of carboxylic acid groups (broad SMARTS) is 1. The van der Waals surface area contributed by atoms with E-state index in [2.05, 4.69) is 12.6 Å². The number of hydrogen-bond acceptors (Lipinski definition) is 3. The molecule has 0 aliphatic carbocycles. The molecule has 6 heteroatoms. The average molecular weight is 286 g/mol. The molecule has 1 heterocycles.